The molecule has 1 aromatic rings. The summed E-state index contributed by atoms with van der Waals surface area (Å²) in [6, 6.07) is 0. The second-order valence-electron chi connectivity index (χ2n) is 4.72. The Balaban J connectivity index is 2.23. The van der Waals surface area contributed by atoms with E-state index in [0.29, 0.717) is 18.9 Å². The molecule has 1 saturated heterocycles. The van der Waals surface area contributed by atoms with Crippen LogP contribution in [0.4, 0.5) is 11.8 Å². The third kappa shape index (κ3) is 3.56. The summed E-state index contributed by atoms with van der Waals surface area (Å²) in [4.78, 5) is 10.7. The standard InChI is InChI=1S/C12H20N4O2S/c1-3-13-12-14-9-10(2)11(15-12)16-5-4-7-19(17,18)8-6-16/h9H,3-8H2,1-2H3,(H,13,14,15). The molecular weight excluding hydrogens is 264 g/mol. The lowest BCUT2D eigenvalue weighted by atomic mass is 10.3. The zero-order chi connectivity index (χ0) is 13.9. The molecular formula is C12H20N4O2S. The third-order valence-electron chi connectivity index (χ3n) is 3.14. The second kappa shape index (κ2) is 5.73. The first-order valence-electron chi connectivity index (χ1n) is 6.55. The van der Waals surface area contributed by atoms with Crippen molar-refractivity contribution in [3.8, 4) is 0 Å². The van der Waals surface area contributed by atoms with E-state index in [0.717, 1.165) is 24.5 Å². The molecule has 106 valence electrons. The SMILES string of the molecule is CCNc1ncc(C)c(N2CCCS(=O)(=O)CC2)n1. The maximum atomic E-state index is 11.6. The van der Waals surface area contributed by atoms with Gasteiger partial charge in [-0.05, 0) is 20.3 Å². The number of aryl methyl sites for hydroxylation is 1. The molecule has 1 aromatic heterocycles. The van der Waals surface area contributed by atoms with Crippen molar-refractivity contribution >= 4 is 21.6 Å². The van der Waals surface area contributed by atoms with Crippen LogP contribution in [0.5, 0.6) is 0 Å². The van der Waals surface area contributed by atoms with Gasteiger partial charge in [-0.1, -0.05) is 0 Å². The van der Waals surface area contributed by atoms with Crippen LogP contribution < -0.4 is 10.2 Å². The Morgan fingerprint density at radius 2 is 2.16 bits per heavy atom. The Morgan fingerprint density at radius 3 is 2.89 bits per heavy atom. The van der Waals surface area contributed by atoms with Gasteiger partial charge in [-0.3, -0.25) is 0 Å². The molecule has 0 spiro atoms. The van der Waals surface area contributed by atoms with Gasteiger partial charge in [-0.2, -0.15) is 4.98 Å². The van der Waals surface area contributed by atoms with Gasteiger partial charge in [0.05, 0.1) is 11.5 Å². The monoisotopic (exact) mass is 284 g/mol. The molecule has 2 rings (SSSR count). The van der Waals surface area contributed by atoms with Gasteiger partial charge < -0.3 is 10.2 Å². The summed E-state index contributed by atoms with van der Waals surface area (Å²) in [5.41, 5.74) is 0.973. The molecule has 0 aromatic carbocycles. The summed E-state index contributed by atoms with van der Waals surface area (Å²) >= 11 is 0. The lowest BCUT2D eigenvalue weighted by Crippen LogP contribution is -2.28. The van der Waals surface area contributed by atoms with Crippen molar-refractivity contribution in [2.45, 2.75) is 20.3 Å². The van der Waals surface area contributed by atoms with E-state index in [2.05, 4.69) is 15.3 Å². The Hall–Kier alpha value is -1.37. The number of anilines is 2. The summed E-state index contributed by atoms with van der Waals surface area (Å²) in [6.45, 7) is 5.93. The first-order valence-corrected chi connectivity index (χ1v) is 8.37. The van der Waals surface area contributed by atoms with E-state index in [9.17, 15) is 8.42 Å². The fraction of sp³-hybridized carbons (Fsp3) is 0.667. The first kappa shape index (κ1) is 14.0. The average Bonchev–Trinajstić information content (AvgIpc) is 2.53. The van der Waals surface area contributed by atoms with Crippen molar-refractivity contribution in [3.63, 3.8) is 0 Å². The summed E-state index contributed by atoms with van der Waals surface area (Å²) in [5.74, 6) is 1.90. The summed E-state index contributed by atoms with van der Waals surface area (Å²) < 4.78 is 23.3. The maximum Gasteiger partial charge on any atom is 0.224 e. The van der Waals surface area contributed by atoms with Crippen LogP contribution in [0.25, 0.3) is 0 Å². The molecule has 0 radical (unpaired) electrons. The van der Waals surface area contributed by atoms with E-state index in [1.54, 1.807) is 6.20 Å². The molecule has 1 aliphatic rings. The predicted molar refractivity (Wildman–Crippen MR) is 76.4 cm³/mol. The zero-order valence-corrected chi connectivity index (χ0v) is 12.2. The van der Waals surface area contributed by atoms with Crippen LogP contribution in [-0.2, 0) is 9.84 Å². The van der Waals surface area contributed by atoms with Crippen LogP contribution in [0.1, 0.15) is 18.9 Å². The number of aromatic nitrogens is 2. The molecule has 0 atom stereocenters. The van der Waals surface area contributed by atoms with Crippen molar-refractivity contribution in [2.24, 2.45) is 0 Å². The van der Waals surface area contributed by atoms with Crippen molar-refractivity contribution in [1.82, 2.24) is 9.97 Å². The van der Waals surface area contributed by atoms with E-state index in [1.165, 1.54) is 0 Å². The molecule has 19 heavy (non-hydrogen) atoms. The van der Waals surface area contributed by atoms with E-state index >= 15 is 0 Å². The maximum absolute atomic E-state index is 11.6. The second-order valence-corrected chi connectivity index (χ2v) is 7.03. The van der Waals surface area contributed by atoms with Crippen molar-refractivity contribution in [3.05, 3.63) is 11.8 Å². The Morgan fingerprint density at radius 1 is 1.37 bits per heavy atom. The summed E-state index contributed by atoms with van der Waals surface area (Å²) in [5, 5.41) is 3.08. The minimum Gasteiger partial charge on any atom is -0.355 e. The van der Waals surface area contributed by atoms with Gasteiger partial charge in [0.25, 0.3) is 0 Å². The van der Waals surface area contributed by atoms with E-state index in [4.69, 9.17) is 0 Å². The third-order valence-corrected chi connectivity index (χ3v) is 4.85. The smallest absolute Gasteiger partial charge is 0.224 e. The minimum atomic E-state index is -2.89. The van der Waals surface area contributed by atoms with Crippen LogP contribution >= 0.6 is 0 Å². The van der Waals surface area contributed by atoms with Crippen LogP contribution in [0, 0.1) is 6.92 Å². The largest absolute Gasteiger partial charge is 0.355 e. The van der Waals surface area contributed by atoms with Crippen molar-refractivity contribution in [1.29, 1.82) is 0 Å². The minimum absolute atomic E-state index is 0.201. The lowest BCUT2D eigenvalue weighted by Gasteiger charge is -2.23. The van der Waals surface area contributed by atoms with E-state index in [1.807, 2.05) is 18.7 Å². The van der Waals surface area contributed by atoms with Gasteiger partial charge in [-0.25, -0.2) is 13.4 Å². The molecule has 1 N–H and O–H groups in total. The quantitative estimate of drug-likeness (QED) is 0.886. The highest BCUT2D eigenvalue weighted by molar-refractivity contribution is 7.91. The normalized spacial score (nSPS) is 18.9. The number of hydrogen-bond acceptors (Lipinski definition) is 6. The van der Waals surface area contributed by atoms with Gasteiger partial charge in [0, 0.05) is 31.4 Å². The van der Waals surface area contributed by atoms with Crippen LogP contribution in [0.2, 0.25) is 0 Å². The van der Waals surface area contributed by atoms with Gasteiger partial charge >= 0.3 is 0 Å². The highest BCUT2D eigenvalue weighted by atomic mass is 32.2. The van der Waals surface area contributed by atoms with Gasteiger partial charge in [-0.15, -0.1) is 0 Å². The number of sulfone groups is 1. The predicted octanol–water partition coefficient (Wildman–Crippen LogP) is 0.842. The molecule has 0 unspecified atom stereocenters. The Labute approximate surface area is 114 Å². The van der Waals surface area contributed by atoms with E-state index < -0.39 is 9.84 Å². The van der Waals surface area contributed by atoms with Crippen LogP contribution in [0.15, 0.2) is 6.20 Å². The van der Waals surface area contributed by atoms with Crippen LogP contribution in [0.3, 0.4) is 0 Å². The van der Waals surface area contributed by atoms with Gasteiger partial charge in [0.1, 0.15) is 5.82 Å². The van der Waals surface area contributed by atoms with E-state index in [-0.39, 0.29) is 11.5 Å². The number of nitrogens with zero attached hydrogens (tertiary/aromatic N) is 3. The molecule has 6 nitrogen and oxygen atoms in total. The van der Waals surface area contributed by atoms with Crippen molar-refractivity contribution in [2.75, 3.05) is 41.4 Å². The number of hydrogen-bond donors (Lipinski definition) is 1. The Kier molecular flexibility index (Phi) is 4.24. The van der Waals surface area contributed by atoms with Crippen LogP contribution in [-0.4, -0.2) is 49.5 Å². The molecule has 7 heteroatoms. The topological polar surface area (TPSA) is 75.2 Å². The fourth-order valence-electron chi connectivity index (χ4n) is 2.15. The lowest BCUT2D eigenvalue weighted by molar-refractivity contribution is 0.597. The molecule has 0 bridgehead atoms. The molecule has 0 saturated carbocycles. The fourth-order valence-corrected chi connectivity index (χ4v) is 3.42. The molecule has 0 aliphatic carbocycles. The summed E-state index contributed by atoms with van der Waals surface area (Å²) in [7, 11) is -2.89. The summed E-state index contributed by atoms with van der Waals surface area (Å²) in [6.07, 6.45) is 2.43. The number of rotatable bonds is 3. The van der Waals surface area contributed by atoms with Crippen molar-refractivity contribution < 1.29 is 8.42 Å². The molecule has 2 heterocycles. The molecule has 1 fully saturated rings. The average molecular weight is 284 g/mol. The highest BCUT2D eigenvalue weighted by Crippen LogP contribution is 2.20. The first-order chi connectivity index (χ1) is 9.02. The van der Waals surface area contributed by atoms with Gasteiger partial charge in [0.2, 0.25) is 5.95 Å². The van der Waals surface area contributed by atoms with Gasteiger partial charge in [0.15, 0.2) is 9.84 Å². The molecule has 0 amide bonds. The zero-order valence-electron chi connectivity index (χ0n) is 11.4. The molecule has 1 aliphatic heterocycles. The Bertz CT molecular complexity index is 545. The number of nitrogens with one attached hydrogen (secondary N) is 1. The highest BCUT2D eigenvalue weighted by Gasteiger charge is 2.21.